The van der Waals surface area contributed by atoms with Crippen molar-refractivity contribution in [2.75, 3.05) is 0 Å². The number of ketones is 1. The Labute approximate surface area is 105 Å². The summed E-state index contributed by atoms with van der Waals surface area (Å²) in [6, 6.07) is 13.4. The molecule has 2 aromatic rings. The summed E-state index contributed by atoms with van der Waals surface area (Å²) in [5, 5.41) is 0. The summed E-state index contributed by atoms with van der Waals surface area (Å²) in [4.78, 5) is 11.1. The van der Waals surface area contributed by atoms with E-state index in [-0.39, 0.29) is 24.0 Å². The van der Waals surface area contributed by atoms with Gasteiger partial charge in [-0.15, -0.1) is 0 Å². The van der Waals surface area contributed by atoms with Crippen LogP contribution in [-0.2, 0) is 6.61 Å². The molecule has 0 aliphatic heterocycles. The molecule has 0 aliphatic rings. The molecule has 18 heavy (non-hydrogen) atoms. The molecule has 2 nitrogen and oxygen atoms in total. The highest BCUT2D eigenvalue weighted by atomic mass is 19.1. The van der Waals surface area contributed by atoms with E-state index < -0.39 is 0 Å². The molecular weight excluding hydrogens is 231 g/mol. The van der Waals surface area contributed by atoms with Crippen molar-refractivity contribution >= 4 is 5.78 Å². The highest BCUT2D eigenvalue weighted by molar-refractivity contribution is 5.93. The molecule has 0 atom stereocenters. The highest BCUT2D eigenvalue weighted by Crippen LogP contribution is 2.17. The maximum absolute atomic E-state index is 13.3. The lowest BCUT2D eigenvalue weighted by Crippen LogP contribution is -1.98. The smallest absolute Gasteiger partial charge is 0.165 e. The molecule has 0 saturated carbocycles. The van der Waals surface area contributed by atoms with Gasteiger partial charge in [-0.25, -0.2) is 4.39 Å². The van der Waals surface area contributed by atoms with Crippen LogP contribution >= 0.6 is 0 Å². The van der Waals surface area contributed by atoms with Crippen LogP contribution in [0.15, 0.2) is 48.5 Å². The van der Waals surface area contributed by atoms with Crippen LogP contribution in [0.4, 0.5) is 4.39 Å². The quantitative estimate of drug-likeness (QED) is 0.768. The molecule has 92 valence electrons. The zero-order chi connectivity index (χ0) is 13.0. The number of carbonyl (C=O) groups excluding carboxylic acids is 1. The molecular formula is C15H13FO2. The van der Waals surface area contributed by atoms with Crippen LogP contribution in [0.3, 0.4) is 0 Å². The van der Waals surface area contributed by atoms with Gasteiger partial charge in [-0.1, -0.05) is 36.4 Å². The summed E-state index contributed by atoms with van der Waals surface area (Å²) >= 11 is 0. The lowest BCUT2D eigenvalue weighted by atomic mass is 10.1. The van der Waals surface area contributed by atoms with Crippen molar-refractivity contribution in [3.63, 3.8) is 0 Å². The van der Waals surface area contributed by atoms with Crippen molar-refractivity contribution in [3.05, 3.63) is 65.5 Å². The molecule has 0 N–H and O–H groups in total. The monoisotopic (exact) mass is 244 g/mol. The number of hydrogen-bond acceptors (Lipinski definition) is 2. The normalized spacial score (nSPS) is 10.1. The van der Waals surface area contributed by atoms with Crippen molar-refractivity contribution in [1.82, 2.24) is 0 Å². The predicted molar refractivity (Wildman–Crippen MR) is 67.2 cm³/mol. The standard InChI is InChI=1S/C15H13FO2/c1-11(17)13-8-6-12(7-9-13)10-18-15-5-3-2-4-14(15)16/h2-9H,10H2,1H3. The van der Waals surface area contributed by atoms with Gasteiger partial charge in [0.2, 0.25) is 0 Å². The van der Waals surface area contributed by atoms with Crippen LogP contribution in [-0.4, -0.2) is 5.78 Å². The van der Waals surface area contributed by atoms with Gasteiger partial charge in [-0.2, -0.15) is 0 Å². The SMILES string of the molecule is CC(=O)c1ccc(COc2ccccc2F)cc1. The van der Waals surface area contributed by atoms with Crippen molar-refractivity contribution < 1.29 is 13.9 Å². The zero-order valence-electron chi connectivity index (χ0n) is 10.0. The third kappa shape index (κ3) is 2.94. The molecule has 0 aliphatic carbocycles. The summed E-state index contributed by atoms with van der Waals surface area (Å²) in [6.45, 7) is 1.80. The largest absolute Gasteiger partial charge is 0.486 e. The second kappa shape index (κ2) is 5.45. The Morgan fingerprint density at radius 3 is 2.39 bits per heavy atom. The average Bonchev–Trinajstić information content (AvgIpc) is 2.38. The van der Waals surface area contributed by atoms with Gasteiger partial charge in [0.05, 0.1) is 0 Å². The Bertz CT molecular complexity index is 547. The number of para-hydroxylation sites is 1. The third-order valence-corrected chi connectivity index (χ3v) is 2.59. The van der Waals surface area contributed by atoms with Gasteiger partial charge in [-0.3, -0.25) is 4.79 Å². The fraction of sp³-hybridized carbons (Fsp3) is 0.133. The van der Waals surface area contributed by atoms with Crippen molar-refractivity contribution in [3.8, 4) is 5.75 Å². The van der Waals surface area contributed by atoms with Crippen LogP contribution in [0.2, 0.25) is 0 Å². The molecule has 0 amide bonds. The van der Waals surface area contributed by atoms with Crippen LogP contribution in [0.1, 0.15) is 22.8 Å². The molecule has 2 rings (SSSR count). The second-order valence-electron chi connectivity index (χ2n) is 3.97. The van der Waals surface area contributed by atoms with Crippen molar-refractivity contribution in [1.29, 1.82) is 0 Å². The number of Topliss-reactive ketones (excluding diaryl/α,β-unsaturated/α-hetero) is 1. The van der Waals surface area contributed by atoms with E-state index in [1.54, 1.807) is 42.5 Å². The van der Waals surface area contributed by atoms with Gasteiger partial charge in [0.1, 0.15) is 6.61 Å². The van der Waals surface area contributed by atoms with Gasteiger partial charge in [0.25, 0.3) is 0 Å². The minimum absolute atomic E-state index is 0.0246. The highest BCUT2D eigenvalue weighted by Gasteiger charge is 2.03. The Morgan fingerprint density at radius 1 is 1.11 bits per heavy atom. The predicted octanol–water partition coefficient (Wildman–Crippen LogP) is 3.61. The fourth-order valence-electron chi connectivity index (χ4n) is 1.56. The molecule has 0 unspecified atom stereocenters. The van der Waals surface area contributed by atoms with Crippen molar-refractivity contribution in [2.45, 2.75) is 13.5 Å². The molecule has 0 spiro atoms. The van der Waals surface area contributed by atoms with E-state index >= 15 is 0 Å². The van der Waals surface area contributed by atoms with E-state index in [4.69, 9.17) is 4.74 Å². The Balaban J connectivity index is 2.02. The summed E-state index contributed by atoms with van der Waals surface area (Å²) in [5.41, 5.74) is 1.55. The van der Waals surface area contributed by atoms with E-state index in [1.807, 2.05) is 0 Å². The van der Waals surface area contributed by atoms with Crippen LogP contribution in [0.25, 0.3) is 0 Å². The maximum Gasteiger partial charge on any atom is 0.165 e. The van der Waals surface area contributed by atoms with Crippen LogP contribution in [0, 0.1) is 5.82 Å². The molecule has 2 aromatic carbocycles. The topological polar surface area (TPSA) is 26.3 Å². The van der Waals surface area contributed by atoms with Gasteiger partial charge >= 0.3 is 0 Å². The summed E-state index contributed by atoms with van der Waals surface area (Å²) in [6.07, 6.45) is 0. The van der Waals surface area contributed by atoms with Crippen LogP contribution < -0.4 is 4.74 Å². The number of benzene rings is 2. The lowest BCUT2D eigenvalue weighted by molar-refractivity contribution is 0.101. The maximum atomic E-state index is 13.3. The Morgan fingerprint density at radius 2 is 1.78 bits per heavy atom. The molecule has 0 saturated heterocycles. The molecule has 0 radical (unpaired) electrons. The van der Waals surface area contributed by atoms with Crippen molar-refractivity contribution in [2.24, 2.45) is 0 Å². The summed E-state index contributed by atoms with van der Waals surface area (Å²) < 4.78 is 18.7. The van der Waals surface area contributed by atoms with E-state index in [2.05, 4.69) is 0 Å². The fourth-order valence-corrected chi connectivity index (χ4v) is 1.56. The average molecular weight is 244 g/mol. The first-order valence-electron chi connectivity index (χ1n) is 5.64. The van der Waals surface area contributed by atoms with E-state index in [0.717, 1.165) is 5.56 Å². The van der Waals surface area contributed by atoms with E-state index in [0.29, 0.717) is 5.56 Å². The van der Waals surface area contributed by atoms with E-state index in [1.165, 1.54) is 13.0 Å². The van der Waals surface area contributed by atoms with Gasteiger partial charge in [0.15, 0.2) is 17.3 Å². The summed E-state index contributed by atoms with van der Waals surface area (Å²) in [5.74, 6) is -0.123. The first-order chi connectivity index (χ1) is 8.66. The number of hydrogen-bond donors (Lipinski definition) is 0. The molecule has 0 aromatic heterocycles. The van der Waals surface area contributed by atoms with Gasteiger partial charge in [0, 0.05) is 5.56 Å². The first kappa shape index (κ1) is 12.3. The minimum atomic E-state index is -0.377. The molecule has 0 heterocycles. The second-order valence-corrected chi connectivity index (χ2v) is 3.97. The molecule has 0 bridgehead atoms. The third-order valence-electron chi connectivity index (χ3n) is 2.59. The summed E-state index contributed by atoms with van der Waals surface area (Å²) in [7, 11) is 0. The lowest BCUT2D eigenvalue weighted by Gasteiger charge is -2.07. The van der Waals surface area contributed by atoms with Gasteiger partial charge in [-0.05, 0) is 24.6 Å². The zero-order valence-corrected chi connectivity index (χ0v) is 10.0. The first-order valence-corrected chi connectivity index (χ1v) is 5.64. The minimum Gasteiger partial charge on any atom is -0.486 e. The number of halogens is 1. The number of carbonyl (C=O) groups is 1. The number of rotatable bonds is 4. The number of ether oxygens (including phenoxy) is 1. The molecule has 0 fully saturated rings. The van der Waals surface area contributed by atoms with E-state index in [9.17, 15) is 9.18 Å². The Kier molecular flexibility index (Phi) is 3.72. The molecule has 3 heteroatoms. The Hall–Kier alpha value is -2.16. The van der Waals surface area contributed by atoms with Crippen LogP contribution in [0.5, 0.6) is 5.75 Å². The van der Waals surface area contributed by atoms with Gasteiger partial charge < -0.3 is 4.74 Å².